The highest BCUT2D eigenvalue weighted by molar-refractivity contribution is 9.10. The molecule has 1 heterocycles. The van der Waals surface area contributed by atoms with Gasteiger partial charge in [0.1, 0.15) is 4.60 Å². The van der Waals surface area contributed by atoms with E-state index in [0.29, 0.717) is 0 Å². The van der Waals surface area contributed by atoms with E-state index in [1.54, 1.807) is 0 Å². The monoisotopic (exact) mass is 463 g/mol. The van der Waals surface area contributed by atoms with Gasteiger partial charge in [-0.3, -0.25) is 4.79 Å². The van der Waals surface area contributed by atoms with Gasteiger partial charge in [0.2, 0.25) is 0 Å². The molecule has 0 unspecified atom stereocenters. The lowest BCUT2D eigenvalue weighted by atomic mass is 10.0. The third-order valence-electron chi connectivity index (χ3n) is 2.97. The highest BCUT2D eigenvalue weighted by Crippen LogP contribution is 2.42. The van der Waals surface area contributed by atoms with Crippen molar-refractivity contribution in [3.63, 3.8) is 0 Å². The van der Waals surface area contributed by atoms with Crippen LogP contribution < -0.4 is 11.1 Å². The van der Waals surface area contributed by atoms with Crippen LogP contribution in [-0.2, 0) is 6.18 Å². The molecule has 1 amide bonds. The number of hydrogen-bond acceptors (Lipinski definition) is 4. The van der Waals surface area contributed by atoms with Crippen LogP contribution in [0.25, 0.3) is 0 Å². The van der Waals surface area contributed by atoms with Crippen LogP contribution in [0.3, 0.4) is 0 Å². The van der Waals surface area contributed by atoms with E-state index in [1.165, 1.54) is 0 Å². The number of hydrogen-bond donors (Lipinski definition) is 3. The van der Waals surface area contributed by atoms with Crippen molar-refractivity contribution in [3.05, 3.63) is 21.9 Å². The summed E-state index contributed by atoms with van der Waals surface area (Å²) in [6, 6.07) is 0.214. The number of nitrogens with zero attached hydrogens (tertiary/aromatic N) is 1. The number of carbonyl (C=O) groups excluding carboxylic acids is 1. The zero-order valence-electron chi connectivity index (χ0n) is 11.9. The molecular formula is C11H7BrF9N3O2. The lowest BCUT2D eigenvalue weighted by Crippen LogP contribution is -2.62. The van der Waals surface area contributed by atoms with E-state index in [9.17, 15) is 44.3 Å². The minimum Gasteiger partial charge on any atom is -0.397 e. The van der Waals surface area contributed by atoms with Crippen LogP contribution in [0.15, 0.2) is 10.7 Å². The Balaban J connectivity index is 3.14. The summed E-state index contributed by atoms with van der Waals surface area (Å²) in [5, 5.41) is 9.99. The fourth-order valence-corrected chi connectivity index (χ4v) is 2.06. The Labute approximate surface area is 146 Å². The number of rotatable bonds is 3. The van der Waals surface area contributed by atoms with E-state index in [2.05, 4.69) is 20.9 Å². The molecule has 0 aromatic carbocycles. The van der Waals surface area contributed by atoms with Crippen LogP contribution in [0.2, 0.25) is 0 Å². The second kappa shape index (κ2) is 6.75. The van der Waals surface area contributed by atoms with Crippen molar-refractivity contribution < 1.29 is 49.4 Å². The Morgan fingerprint density at radius 2 is 1.58 bits per heavy atom. The van der Waals surface area contributed by atoms with Gasteiger partial charge in [-0.2, -0.15) is 39.5 Å². The van der Waals surface area contributed by atoms with Crippen molar-refractivity contribution in [2.45, 2.75) is 24.1 Å². The Morgan fingerprint density at radius 1 is 1.12 bits per heavy atom. The molecule has 0 fully saturated rings. The number of amides is 1. The number of aliphatic hydroxyl groups is 1. The van der Waals surface area contributed by atoms with Crippen molar-refractivity contribution >= 4 is 27.5 Å². The number of nitrogens with one attached hydrogen (secondary N) is 1. The van der Waals surface area contributed by atoms with Gasteiger partial charge in [0.05, 0.1) is 17.8 Å². The summed E-state index contributed by atoms with van der Waals surface area (Å²) in [6.45, 7) is -2.36. The van der Waals surface area contributed by atoms with Gasteiger partial charge in [0.15, 0.2) is 5.69 Å². The molecule has 5 nitrogen and oxygen atoms in total. The summed E-state index contributed by atoms with van der Waals surface area (Å²) in [5.74, 6) is -1.76. The standard InChI is InChI=1S/C11H7BrF9N3O2/c12-6-3(9(13,14)15)1-4(22)5(24-6)7(25)23-2-8(26,10(16,17)18)11(19,20)21/h1,26H,2,22H2,(H,23,25). The zero-order chi connectivity index (χ0) is 20.7. The van der Waals surface area contributed by atoms with Gasteiger partial charge in [-0.05, 0) is 22.0 Å². The van der Waals surface area contributed by atoms with E-state index >= 15 is 0 Å². The molecule has 15 heteroatoms. The zero-order valence-corrected chi connectivity index (χ0v) is 13.5. The van der Waals surface area contributed by atoms with Crippen LogP contribution in [-0.4, -0.2) is 40.5 Å². The van der Waals surface area contributed by atoms with Gasteiger partial charge in [-0.15, -0.1) is 0 Å². The van der Waals surface area contributed by atoms with Gasteiger partial charge in [-0.1, -0.05) is 0 Å². The Hall–Kier alpha value is -1.77. The van der Waals surface area contributed by atoms with Crippen molar-refractivity contribution in [1.82, 2.24) is 10.3 Å². The number of pyridine rings is 1. The van der Waals surface area contributed by atoms with Crippen LogP contribution in [0, 0.1) is 0 Å². The number of anilines is 1. The maximum atomic E-state index is 12.6. The first-order valence-corrected chi connectivity index (χ1v) is 6.88. The molecule has 4 N–H and O–H groups in total. The highest BCUT2D eigenvalue weighted by Gasteiger charge is 2.70. The third-order valence-corrected chi connectivity index (χ3v) is 3.57. The molecule has 0 saturated carbocycles. The minimum absolute atomic E-state index is 0.214. The van der Waals surface area contributed by atoms with Crippen LogP contribution in [0.5, 0.6) is 0 Å². The van der Waals surface area contributed by atoms with Crippen LogP contribution in [0.1, 0.15) is 16.1 Å². The Kier molecular flexibility index (Phi) is 5.78. The topological polar surface area (TPSA) is 88.2 Å². The molecule has 148 valence electrons. The predicted octanol–water partition coefficient (Wildman–Crippen LogP) is 3.03. The van der Waals surface area contributed by atoms with Crippen molar-refractivity contribution in [2.24, 2.45) is 0 Å². The van der Waals surface area contributed by atoms with E-state index in [4.69, 9.17) is 10.8 Å². The number of nitrogens with two attached hydrogens (primary N) is 1. The fourth-order valence-electron chi connectivity index (χ4n) is 1.54. The average Bonchev–Trinajstić information content (AvgIpc) is 2.42. The number of aromatic nitrogens is 1. The molecule has 1 aromatic heterocycles. The fraction of sp³-hybridized carbons (Fsp3) is 0.455. The summed E-state index contributed by atoms with van der Waals surface area (Å²) >= 11 is 2.36. The maximum absolute atomic E-state index is 12.6. The summed E-state index contributed by atoms with van der Waals surface area (Å²) in [4.78, 5) is 14.8. The molecule has 0 atom stereocenters. The number of carbonyl (C=O) groups is 1. The molecule has 0 spiro atoms. The predicted molar refractivity (Wildman–Crippen MR) is 70.7 cm³/mol. The van der Waals surface area contributed by atoms with Gasteiger partial charge in [0.25, 0.3) is 11.5 Å². The van der Waals surface area contributed by atoms with E-state index in [1.807, 2.05) is 0 Å². The van der Waals surface area contributed by atoms with Crippen molar-refractivity contribution in [2.75, 3.05) is 12.3 Å². The molecule has 26 heavy (non-hydrogen) atoms. The van der Waals surface area contributed by atoms with E-state index in [0.717, 1.165) is 5.32 Å². The SMILES string of the molecule is Nc1cc(C(F)(F)F)c(Br)nc1C(=O)NCC(O)(C(F)(F)F)C(F)(F)F. The average molecular weight is 464 g/mol. The summed E-state index contributed by atoms with van der Waals surface area (Å²) in [5.41, 5.74) is -3.59. The van der Waals surface area contributed by atoms with Crippen LogP contribution in [0.4, 0.5) is 45.2 Å². The molecule has 0 radical (unpaired) electrons. The van der Waals surface area contributed by atoms with Gasteiger partial charge in [-0.25, -0.2) is 4.98 Å². The molecule has 1 aromatic rings. The molecule has 0 aliphatic carbocycles. The maximum Gasteiger partial charge on any atom is 0.428 e. The van der Waals surface area contributed by atoms with Gasteiger partial charge in [0, 0.05) is 0 Å². The van der Waals surface area contributed by atoms with Crippen molar-refractivity contribution in [1.29, 1.82) is 0 Å². The quantitative estimate of drug-likeness (QED) is 0.475. The number of nitrogen functional groups attached to an aromatic ring is 1. The minimum atomic E-state index is -6.20. The molecule has 0 aliphatic rings. The molecule has 0 saturated heterocycles. The summed E-state index contributed by atoms with van der Waals surface area (Å²) in [7, 11) is 0. The third kappa shape index (κ3) is 4.31. The molecular weight excluding hydrogens is 457 g/mol. The second-order valence-electron chi connectivity index (χ2n) is 4.80. The van der Waals surface area contributed by atoms with Crippen LogP contribution >= 0.6 is 15.9 Å². The smallest absolute Gasteiger partial charge is 0.397 e. The normalized spacial score (nSPS) is 13.7. The first-order valence-electron chi connectivity index (χ1n) is 6.09. The highest BCUT2D eigenvalue weighted by atomic mass is 79.9. The number of halogens is 10. The summed E-state index contributed by atoms with van der Waals surface area (Å²) in [6.07, 6.45) is -17.3. The first kappa shape index (κ1) is 22.3. The lowest BCUT2D eigenvalue weighted by molar-refractivity contribution is -0.364. The van der Waals surface area contributed by atoms with Gasteiger partial charge >= 0.3 is 18.5 Å². The molecule has 0 bridgehead atoms. The molecule has 1 rings (SSSR count). The Morgan fingerprint density at radius 3 is 1.96 bits per heavy atom. The second-order valence-corrected chi connectivity index (χ2v) is 5.55. The largest absolute Gasteiger partial charge is 0.428 e. The molecule has 0 aliphatic heterocycles. The first-order chi connectivity index (χ1) is 11.4. The van der Waals surface area contributed by atoms with Gasteiger partial charge < -0.3 is 16.2 Å². The lowest BCUT2D eigenvalue weighted by Gasteiger charge is -2.32. The van der Waals surface area contributed by atoms with Crippen molar-refractivity contribution in [3.8, 4) is 0 Å². The van der Waals surface area contributed by atoms with E-state index < -0.39 is 58.1 Å². The Bertz CT molecular complexity index is 686. The summed E-state index contributed by atoms with van der Waals surface area (Å²) < 4.78 is 112. The van der Waals surface area contributed by atoms with E-state index in [-0.39, 0.29) is 6.07 Å². The number of alkyl halides is 9.